The van der Waals surface area contributed by atoms with Gasteiger partial charge < -0.3 is 15.1 Å². The third kappa shape index (κ3) is 4.80. The zero-order valence-corrected chi connectivity index (χ0v) is 18.8. The van der Waals surface area contributed by atoms with Gasteiger partial charge in [0.25, 0.3) is 5.91 Å². The Kier molecular flexibility index (Phi) is 6.54. The van der Waals surface area contributed by atoms with Gasteiger partial charge in [0.05, 0.1) is 5.92 Å². The first-order chi connectivity index (χ1) is 16.0. The molecule has 1 fully saturated rings. The lowest BCUT2D eigenvalue weighted by Crippen LogP contribution is -2.31. The summed E-state index contributed by atoms with van der Waals surface area (Å²) < 4.78 is 0. The molecule has 1 N–H and O–H groups in total. The molecule has 3 aromatic carbocycles. The lowest BCUT2D eigenvalue weighted by Gasteiger charge is -2.23. The van der Waals surface area contributed by atoms with Gasteiger partial charge in [-0.25, -0.2) is 0 Å². The minimum Gasteiger partial charge on any atom is -0.326 e. The highest BCUT2D eigenvalue weighted by Crippen LogP contribution is 2.26. The summed E-state index contributed by atoms with van der Waals surface area (Å²) in [5.74, 6) is -0.769. The summed E-state index contributed by atoms with van der Waals surface area (Å²) in [4.78, 5) is 41.6. The van der Waals surface area contributed by atoms with Crippen LogP contribution in [0.4, 0.5) is 17.1 Å². The van der Waals surface area contributed by atoms with Gasteiger partial charge >= 0.3 is 0 Å². The zero-order chi connectivity index (χ0) is 23.4. The molecule has 0 radical (unpaired) electrons. The molecule has 1 aliphatic rings. The molecule has 1 unspecified atom stereocenters. The molecule has 1 atom stereocenters. The predicted molar refractivity (Wildman–Crippen MR) is 131 cm³/mol. The van der Waals surface area contributed by atoms with Gasteiger partial charge in [-0.1, -0.05) is 36.4 Å². The number of para-hydroxylation sites is 2. The first kappa shape index (κ1) is 22.3. The number of aryl methyl sites for hydroxylation is 1. The zero-order valence-electron chi connectivity index (χ0n) is 18.8. The monoisotopic (exact) mass is 441 g/mol. The highest BCUT2D eigenvalue weighted by atomic mass is 16.2. The Balaban J connectivity index is 1.41. The lowest BCUT2D eigenvalue weighted by molar-refractivity contribution is -0.122. The SMILES string of the molecule is CCN(C(=O)c1ccc(NC(=O)C2CC(=O)N(c3ccccc3)C2)cc1)c1ccccc1C. The van der Waals surface area contributed by atoms with E-state index in [1.807, 2.05) is 68.4 Å². The normalized spacial score (nSPS) is 15.4. The molecule has 6 nitrogen and oxygen atoms in total. The summed E-state index contributed by atoms with van der Waals surface area (Å²) in [6.45, 7) is 4.83. The van der Waals surface area contributed by atoms with Gasteiger partial charge in [-0.05, 0) is 61.9 Å². The molecule has 3 aromatic rings. The second-order valence-electron chi connectivity index (χ2n) is 8.14. The summed E-state index contributed by atoms with van der Waals surface area (Å²) in [5.41, 5.74) is 3.86. The molecule has 168 valence electrons. The van der Waals surface area contributed by atoms with Crippen LogP contribution >= 0.6 is 0 Å². The van der Waals surface area contributed by atoms with E-state index in [0.717, 1.165) is 16.9 Å². The summed E-state index contributed by atoms with van der Waals surface area (Å²) in [5, 5.41) is 2.88. The van der Waals surface area contributed by atoms with Gasteiger partial charge in [0.2, 0.25) is 11.8 Å². The van der Waals surface area contributed by atoms with Crippen molar-refractivity contribution in [1.82, 2.24) is 0 Å². The maximum atomic E-state index is 13.1. The van der Waals surface area contributed by atoms with E-state index in [4.69, 9.17) is 0 Å². The molecule has 0 spiro atoms. The molecule has 1 heterocycles. The Morgan fingerprint density at radius 3 is 2.30 bits per heavy atom. The van der Waals surface area contributed by atoms with Gasteiger partial charge in [-0.3, -0.25) is 14.4 Å². The summed E-state index contributed by atoms with van der Waals surface area (Å²) in [7, 11) is 0. The van der Waals surface area contributed by atoms with Crippen LogP contribution in [0.1, 0.15) is 29.3 Å². The Labute approximate surface area is 193 Å². The smallest absolute Gasteiger partial charge is 0.258 e. The first-order valence-corrected chi connectivity index (χ1v) is 11.1. The molecule has 33 heavy (non-hydrogen) atoms. The van der Waals surface area contributed by atoms with Crippen molar-refractivity contribution in [2.75, 3.05) is 28.2 Å². The topological polar surface area (TPSA) is 69.7 Å². The Bertz CT molecular complexity index is 1160. The number of anilines is 3. The standard InChI is InChI=1S/C27H27N3O3/c1-3-29(24-12-8-7-9-19(24)2)27(33)20-13-15-22(16-14-20)28-26(32)21-17-25(31)30(18-21)23-10-5-4-6-11-23/h4-16,21H,3,17-18H2,1-2H3,(H,28,32). The van der Waals surface area contributed by atoms with Crippen molar-refractivity contribution in [3.05, 3.63) is 90.0 Å². The molecular formula is C27H27N3O3. The number of carbonyl (C=O) groups excluding carboxylic acids is 3. The van der Waals surface area contributed by atoms with Gasteiger partial charge in [0.1, 0.15) is 0 Å². The second kappa shape index (κ2) is 9.69. The molecule has 6 heteroatoms. The molecule has 1 aliphatic heterocycles. The summed E-state index contributed by atoms with van der Waals surface area (Å²) >= 11 is 0. The van der Waals surface area contributed by atoms with Crippen LogP contribution in [-0.4, -0.2) is 30.8 Å². The molecule has 0 aromatic heterocycles. The van der Waals surface area contributed by atoms with Crippen LogP contribution in [0.3, 0.4) is 0 Å². The van der Waals surface area contributed by atoms with E-state index in [1.54, 1.807) is 34.1 Å². The second-order valence-corrected chi connectivity index (χ2v) is 8.14. The van der Waals surface area contributed by atoms with Crippen LogP contribution in [0.5, 0.6) is 0 Å². The number of hydrogen-bond acceptors (Lipinski definition) is 3. The van der Waals surface area contributed by atoms with E-state index in [1.165, 1.54) is 0 Å². The maximum Gasteiger partial charge on any atom is 0.258 e. The third-order valence-electron chi connectivity index (χ3n) is 5.93. The van der Waals surface area contributed by atoms with Crippen molar-refractivity contribution in [3.8, 4) is 0 Å². The van der Waals surface area contributed by atoms with Crippen LogP contribution in [0, 0.1) is 12.8 Å². The number of rotatable bonds is 6. The Morgan fingerprint density at radius 2 is 1.64 bits per heavy atom. The van der Waals surface area contributed by atoms with Crippen molar-refractivity contribution >= 4 is 34.8 Å². The predicted octanol–water partition coefficient (Wildman–Crippen LogP) is 4.65. The molecule has 1 saturated heterocycles. The average Bonchev–Trinajstić information content (AvgIpc) is 3.23. The minimum atomic E-state index is -0.421. The van der Waals surface area contributed by atoms with Crippen molar-refractivity contribution < 1.29 is 14.4 Å². The number of carbonyl (C=O) groups is 3. The molecule has 4 rings (SSSR count). The van der Waals surface area contributed by atoms with E-state index in [9.17, 15) is 14.4 Å². The van der Waals surface area contributed by atoms with Gasteiger partial charge in [0, 0.05) is 42.1 Å². The third-order valence-corrected chi connectivity index (χ3v) is 5.93. The fourth-order valence-corrected chi connectivity index (χ4v) is 4.13. The van der Waals surface area contributed by atoms with Crippen LogP contribution in [0.15, 0.2) is 78.9 Å². The van der Waals surface area contributed by atoms with Gasteiger partial charge in [0.15, 0.2) is 0 Å². The van der Waals surface area contributed by atoms with Crippen LogP contribution in [0.25, 0.3) is 0 Å². The molecule has 3 amide bonds. The summed E-state index contributed by atoms with van der Waals surface area (Å²) in [6.07, 6.45) is 0.180. The minimum absolute atomic E-state index is 0.0573. The molecule has 0 aliphatic carbocycles. The van der Waals surface area contributed by atoms with E-state index in [0.29, 0.717) is 24.3 Å². The largest absolute Gasteiger partial charge is 0.326 e. The van der Waals surface area contributed by atoms with Crippen molar-refractivity contribution in [2.24, 2.45) is 5.92 Å². The summed E-state index contributed by atoms with van der Waals surface area (Å²) in [6, 6.07) is 24.0. The van der Waals surface area contributed by atoms with Crippen molar-refractivity contribution in [2.45, 2.75) is 20.3 Å². The fraction of sp³-hybridized carbons (Fsp3) is 0.222. The Hall–Kier alpha value is -3.93. The quantitative estimate of drug-likeness (QED) is 0.605. The number of nitrogens with one attached hydrogen (secondary N) is 1. The molecular weight excluding hydrogens is 414 g/mol. The maximum absolute atomic E-state index is 13.1. The average molecular weight is 442 g/mol. The van der Waals surface area contributed by atoms with E-state index in [2.05, 4.69) is 5.32 Å². The fourth-order valence-electron chi connectivity index (χ4n) is 4.13. The number of benzene rings is 3. The first-order valence-electron chi connectivity index (χ1n) is 11.1. The number of nitrogens with zero attached hydrogens (tertiary/aromatic N) is 2. The van der Waals surface area contributed by atoms with E-state index >= 15 is 0 Å². The molecule has 0 saturated carbocycles. The highest BCUT2D eigenvalue weighted by molar-refractivity contribution is 6.07. The van der Waals surface area contributed by atoms with E-state index in [-0.39, 0.29) is 24.1 Å². The highest BCUT2D eigenvalue weighted by Gasteiger charge is 2.35. The van der Waals surface area contributed by atoms with Crippen LogP contribution < -0.4 is 15.1 Å². The van der Waals surface area contributed by atoms with Gasteiger partial charge in [-0.15, -0.1) is 0 Å². The van der Waals surface area contributed by atoms with Crippen molar-refractivity contribution in [3.63, 3.8) is 0 Å². The van der Waals surface area contributed by atoms with Crippen molar-refractivity contribution in [1.29, 1.82) is 0 Å². The van der Waals surface area contributed by atoms with E-state index < -0.39 is 5.92 Å². The van der Waals surface area contributed by atoms with Crippen LogP contribution in [0.2, 0.25) is 0 Å². The number of amides is 3. The Morgan fingerprint density at radius 1 is 0.970 bits per heavy atom. The molecule has 0 bridgehead atoms. The van der Waals surface area contributed by atoms with Crippen LogP contribution in [-0.2, 0) is 9.59 Å². The van der Waals surface area contributed by atoms with Gasteiger partial charge in [-0.2, -0.15) is 0 Å². The lowest BCUT2D eigenvalue weighted by atomic mass is 10.1. The number of hydrogen-bond donors (Lipinski definition) is 1.